The van der Waals surface area contributed by atoms with Gasteiger partial charge in [0.05, 0.1) is 6.54 Å². The van der Waals surface area contributed by atoms with Crippen molar-refractivity contribution in [2.45, 2.75) is 38.3 Å². The Labute approximate surface area is 148 Å². The lowest BCUT2D eigenvalue weighted by molar-refractivity contribution is -0.142. The lowest BCUT2D eigenvalue weighted by Crippen LogP contribution is -2.46. The fourth-order valence-corrected chi connectivity index (χ4v) is 3.63. The summed E-state index contributed by atoms with van der Waals surface area (Å²) in [6.45, 7) is 3.44. The van der Waals surface area contributed by atoms with E-state index in [1.807, 2.05) is 36.0 Å². The molecule has 7 nitrogen and oxygen atoms in total. The summed E-state index contributed by atoms with van der Waals surface area (Å²) in [4.78, 5) is 34.3. The third-order valence-corrected chi connectivity index (χ3v) is 4.87. The monoisotopic (exact) mass is 346 g/mol. The molecule has 2 saturated heterocycles. The van der Waals surface area contributed by atoms with Crippen molar-refractivity contribution in [3.8, 4) is 5.75 Å². The Kier molecular flexibility index (Phi) is 5.11. The van der Waals surface area contributed by atoms with E-state index in [1.165, 1.54) is 6.92 Å². The molecule has 0 aromatic carbocycles. The van der Waals surface area contributed by atoms with Crippen LogP contribution in [0.15, 0.2) is 18.3 Å². The van der Waals surface area contributed by atoms with Crippen molar-refractivity contribution in [1.82, 2.24) is 14.8 Å². The molecule has 25 heavy (non-hydrogen) atoms. The van der Waals surface area contributed by atoms with Gasteiger partial charge < -0.3 is 19.4 Å². The molecular weight excluding hydrogens is 320 g/mol. The highest BCUT2D eigenvalue weighted by Crippen LogP contribution is 2.28. The molecule has 2 aliphatic rings. The van der Waals surface area contributed by atoms with Crippen LogP contribution in [0.1, 0.15) is 26.2 Å². The SMILES string of the molecule is CC(=O)N1CCCC1C(=O)N1CCC(Oc2cccnc2N(C)C)C1. The van der Waals surface area contributed by atoms with E-state index in [1.54, 1.807) is 11.1 Å². The van der Waals surface area contributed by atoms with E-state index in [4.69, 9.17) is 4.74 Å². The van der Waals surface area contributed by atoms with Crippen LogP contribution in [-0.4, -0.2) is 72.5 Å². The molecule has 3 rings (SSSR count). The molecule has 2 atom stereocenters. The van der Waals surface area contributed by atoms with E-state index >= 15 is 0 Å². The highest BCUT2D eigenvalue weighted by atomic mass is 16.5. The second-order valence-corrected chi connectivity index (χ2v) is 6.90. The predicted molar refractivity (Wildman–Crippen MR) is 94.6 cm³/mol. The number of anilines is 1. The Bertz CT molecular complexity index is 649. The normalized spacial score (nSPS) is 23.0. The Morgan fingerprint density at radius 3 is 2.80 bits per heavy atom. The number of rotatable bonds is 4. The maximum absolute atomic E-state index is 12.8. The predicted octanol–water partition coefficient (Wildman–Crippen LogP) is 1.14. The van der Waals surface area contributed by atoms with E-state index in [-0.39, 0.29) is 24.0 Å². The van der Waals surface area contributed by atoms with Gasteiger partial charge in [0.25, 0.3) is 0 Å². The Balaban J connectivity index is 1.62. The molecule has 136 valence electrons. The van der Waals surface area contributed by atoms with Crippen LogP contribution in [-0.2, 0) is 9.59 Å². The number of aromatic nitrogens is 1. The summed E-state index contributed by atoms with van der Waals surface area (Å²) >= 11 is 0. The molecule has 2 amide bonds. The number of nitrogens with zero attached hydrogens (tertiary/aromatic N) is 4. The van der Waals surface area contributed by atoms with Crippen molar-refractivity contribution in [1.29, 1.82) is 0 Å². The maximum atomic E-state index is 12.8. The minimum absolute atomic E-state index is 0.0196. The summed E-state index contributed by atoms with van der Waals surface area (Å²) in [7, 11) is 3.85. The Morgan fingerprint density at radius 1 is 1.28 bits per heavy atom. The highest BCUT2D eigenvalue weighted by Gasteiger charge is 2.38. The zero-order chi connectivity index (χ0) is 18.0. The van der Waals surface area contributed by atoms with E-state index in [0.29, 0.717) is 19.6 Å². The van der Waals surface area contributed by atoms with Gasteiger partial charge in [-0.25, -0.2) is 4.98 Å². The number of carbonyl (C=O) groups excluding carboxylic acids is 2. The molecule has 0 saturated carbocycles. The third-order valence-electron chi connectivity index (χ3n) is 4.87. The van der Waals surface area contributed by atoms with Crippen LogP contribution in [0.3, 0.4) is 0 Å². The van der Waals surface area contributed by atoms with Crippen molar-refractivity contribution in [3.05, 3.63) is 18.3 Å². The molecule has 0 bridgehead atoms. The molecule has 7 heteroatoms. The standard InChI is InChI=1S/C18H26N4O3/c1-13(23)22-10-5-6-15(22)18(24)21-11-8-14(12-21)25-16-7-4-9-19-17(16)20(2)3/h4,7,9,14-15H,5-6,8,10-12H2,1-3H3. The van der Waals surface area contributed by atoms with Gasteiger partial charge in [-0.3, -0.25) is 9.59 Å². The summed E-state index contributed by atoms with van der Waals surface area (Å²) in [5.41, 5.74) is 0. The van der Waals surface area contributed by atoms with Crippen molar-refractivity contribution < 1.29 is 14.3 Å². The first-order valence-electron chi connectivity index (χ1n) is 8.82. The first kappa shape index (κ1) is 17.5. The van der Waals surface area contributed by atoms with Gasteiger partial charge in [-0.1, -0.05) is 0 Å². The van der Waals surface area contributed by atoms with E-state index in [0.717, 1.165) is 30.8 Å². The first-order valence-corrected chi connectivity index (χ1v) is 8.82. The second-order valence-electron chi connectivity index (χ2n) is 6.90. The minimum atomic E-state index is -0.299. The average molecular weight is 346 g/mol. The fraction of sp³-hybridized carbons (Fsp3) is 0.611. The molecule has 0 radical (unpaired) electrons. The van der Waals surface area contributed by atoms with Crippen molar-refractivity contribution >= 4 is 17.6 Å². The van der Waals surface area contributed by atoms with Gasteiger partial charge in [-0.2, -0.15) is 0 Å². The van der Waals surface area contributed by atoms with Crippen LogP contribution in [0.5, 0.6) is 5.75 Å². The van der Waals surface area contributed by atoms with Gasteiger partial charge in [-0.15, -0.1) is 0 Å². The van der Waals surface area contributed by atoms with Crippen LogP contribution in [0.4, 0.5) is 5.82 Å². The minimum Gasteiger partial charge on any atom is -0.485 e. The van der Waals surface area contributed by atoms with E-state index in [9.17, 15) is 9.59 Å². The van der Waals surface area contributed by atoms with Gasteiger partial charge in [0, 0.05) is 46.7 Å². The smallest absolute Gasteiger partial charge is 0.245 e. The zero-order valence-electron chi connectivity index (χ0n) is 15.1. The number of hydrogen-bond donors (Lipinski definition) is 0. The lowest BCUT2D eigenvalue weighted by Gasteiger charge is -2.27. The fourth-order valence-electron chi connectivity index (χ4n) is 3.63. The highest BCUT2D eigenvalue weighted by molar-refractivity contribution is 5.87. The summed E-state index contributed by atoms with van der Waals surface area (Å²) in [5, 5.41) is 0. The largest absolute Gasteiger partial charge is 0.485 e. The van der Waals surface area contributed by atoms with Gasteiger partial charge in [0.15, 0.2) is 11.6 Å². The van der Waals surface area contributed by atoms with E-state index < -0.39 is 0 Å². The quantitative estimate of drug-likeness (QED) is 0.818. The summed E-state index contributed by atoms with van der Waals surface area (Å²) in [6.07, 6.45) is 4.14. The number of ether oxygens (including phenoxy) is 1. The molecule has 0 N–H and O–H groups in total. The average Bonchev–Trinajstić information content (AvgIpc) is 3.24. The number of likely N-dealkylation sites (tertiary alicyclic amines) is 2. The summed E-state index contributed by atoms with van der Waals surface area (Å²) in [6, 6.07) is 3.46. The van der Waals surface area contributed by atoms with Gasteiger partial charge >= 0.3 is 0 Å². The molecule has 2 fully saturated rings. The molecule has 0 aliphatic carbocycles. The molecule has 2 aliphatic heterocycles. The Morgan fingerprint density at radius 2 is 2.08 bits per heavy atom. The lowest BCUT2D eigenvalue weighted by atomic mass is 10.2. The molecule has 2 unspecified atom stereocenters. The van der Waals surface area contributed by atoms with E-state index in [2.05, 4.69) is 4.98 Å². The number of amides is 2. The van der Waals surface area contributed by atoms with Gasteiger partial charge in [-0.05, 0) is 25.0 Å². The topological polar surface area (TPSA) is 66.0 Å². The van der Waals surface area contributed by atoms with Crippen molar-refractivity contribution in [3.63, 3.8) is 0 Å². The molecule has 3 heterocycles. The maximum Gasteiger partial charge on any atom is 0.245 e. The Hall–Kier alpha value is -2.31. The summed E-state index contributed by atoms with van der Waals surface area (Å²) in [5.74, 6) is 1.55. The third kappa shape index (κ3) is 3.70. The molecule has 0 spiro atoms. The van der Waals surface area contributed by atoms with Gasteiger partial charge in [0.1, 0.15) is 12.1 Å². The molecule has 1 aromatic rings. The summed E-state index contributed by atoms with van der Waals surface area (Å²) < 4.78 is 6.11. The first-order chi connectivity index (χ1) is 12.0. The van der Waals surface area contributed by atoms with Crippen molar-refractivity contribution in [2.75, 3.05) is 38.6 Å². The number of pyridine rings is 1. The number of carbonyl (C=O) groups is 2. The van der Waals surface area contributed by atoms with Crippen LogP contribution >= 0.6 is 0 Å². The van der Waals surface area contributed by atoms with Crippen LogP contribution in [0, 0.1) is 0 Å². The molecule has 1 aromatic heterocycles. The van der Waals surface area contributed by atoms with Crippen LogP contribution < -0.4 is 9.64 Å². The molecular formula is C18H26N4O3. The number of hydrogen-bond acceptors (Lipinski definition) is 5. The van der Waals surface area contributed by atoms with Crippen molar-refractivity contribution in [2.24, 2.45) is 0 Å². The van der Waals surface area contributed by atoms with Gasteiger partial charge in [0.2, 0.25) is 11.8 Å². The second kappa shape index (κ2) is 7.29. The van der Waals surface area contributed by atoms with Crippen LogP contribution in [0.25, 0.3) is 0 Å². The zero-order valence-corrected chi connectivity index (χ0v) is 15.1. The van der Waals surface area contributed by atoms with Crippen LogP contribution in [0.2, 0.25) is 0 Å².